The number of esters is 1. The van der Waals surface area contributed by atoms with Gasteiger partial charge in [-0.05, 0) is 79.2 Å². The minimum Gasteiger partial charge on any atom is -0.455 e. The van der Waals surface area contributed by atoms with Crippen LogP contribution < -0.4 is 10.2 Å². The second kappa shape index (κ2) is 13.6. The van der Waals surface area contributed by atoms with Gasteiger partial charge in [0.2, 0.25) is 5.91 Å². The number of nitrogens with zero attached hydrogens (tertiary/aromatic N) is 8. The van der Waals surface area contributed by atoms with Crippen LogP contribution in [0.15, 0.2) is 73.1 Å². The molecule has 51 heavy (non-hydrogen) atoms. The second-order valence-corrected chi connectivity index (χ2v) is 13.3. The van der Waals surface area contributed by atoms with Crippen LogP contribution in [0.2, 0.25) is 5.02 Å². The zero-order chi connectivity index (χ0) is 36.6. The van der Waals surface area contributed by atoms with Crippen molar-refractivity contribution in [3.63, 3.8) is 0 Å². The number of anilines is 2. The summed E-state index contributed by atoms with van der Waals surface area (Å²) < 4.78 is 8.57. The Kier molecular flexibility index (Phi) is 9.27. The van der Waals surface area contributed by atoms with Gasteiger partial charge in [-0.2, -0.15) is 4.68 Å². The molecule has 0 saturated carbocycles. The van der Waals surface area contributed by atoms with E-state index in [1.54, 1.807) is 68.8 Å². The molecule has 1 unspecified atom stereocenters. The molecular weight excluding hydrogens is 682 g/mol. The number of carbonyl (C=O) groups is 4. The highest BCUT2D eigenvalue weighted by molar-refractivity contribution is 6.41. The van der Waals surface area contributed by atoms with Gasteiger partial charge in [-0.25, -0.2) is 4.79 Å². The Labute approximate surface area is 295 Å². The summed E-state index contributed by atoms with van der Waals surface area (Å²) in [5.74, 6) is -2.94. The van der Waals surface area contributed by atoms with Crippen molar-refractivity contribution >= 4 is 63.3 Å². The number of benzene rings is 3. The first-order valence-electron chi connectivity index (χ1n) is 15.7. The maximum atomic E-state index is 14.1. The first-order valence-corrected chi connectivity index (χ1v) is 16.1. The number of hydrogen-bond acceptors (Lipinski definition) is 10. The summed E-state index contributed by atoms with van der Waals surface area (Å²) >= 11 is 6.27. The van der Waals surface area contributed by atoms with Gasteiger partial charge in [-0.3, -0.25) is 24.5 Å². The van der Waals surface area contributed by atoms with Crippen molar-refractivity contribution < 1.29 is 28.8 Å². The average molecular weight is 714 g/mol. The third kappa shape index (κ3) is 7.26. The Morgan fingerprint density at radius 3 is 2.41 bits per heavy atom. The van der Waals surface area contributed by atoms with Gasteiger partial charge in [0.1, 0.15) is 23.7 Å². The van der Waals surface area contributed by atoms with E-state index in [-0.39, 0.29) is 25.2 Å². The van der Waals surface area contributed by atoms with Gasteiger partial charge in [-0.15, -0.1) is 5.10 Å². The van der Waals surface area contributed by atoms with Gasteiger partial charge in [0, 0.05) is 60.3 Å². The van der Waals surface area contributed by atoms with E-state index < -0.39 is 40.3 Å². The molecule has 3 amide bonds. The van der Waals surface area contributed by atoms with E-state index in [2.05, 4.69) is 20.8 Å². The lowest BCUT2D eigenvalue weighted by Crippen LogP contribution is -2.60. The summed E-state index contributed by atoms with van der Waals surface area (Å²) in [6.07, 6.45) is 1.29. The molecule has 1 N–H and O–H groups in total. The first kappa shape index (κ1) is 34.7. The van der Waals surface area contributed by atoms with Crippen LogP contribution in [-0.4, -0.2) is 83.0 Å². The standard InChI is InChI=1S/C34H32ClN9O7/c1-34(2,3)51-33(48)29-17-21-16-23(8-12-25(21)40(29)4)37-30(45)28(15-20-5-9-24(10-6-20)44(49)50)42-14-13-41(31(46)32(42)47)27-18-22(35)7-11-26(27)43-19-36-38-39-43/h5-12,16-19,28H,13-15H2,1-4H3,(H,37,45). The summed E-state index contributed by atoms with van der Waals surface area (Å²) in [7, 11) is 1.73. The number of non-ortho nitro benzene ring substituents is 1. The quantitative estimate of drug-likeness (QED) is 0.101. The summed E-state index contributed by atoms with van der Waals surface area (Å²) in [6.45, 7) is 5.30. The van der Waals surface area contributed by atoms with E-state index in [9.17, 15) is 29.3 Å². The van der Waals surface area contributed by atoms with Gasteiger partial charge in [0.05, 0.1) is 16.3 Å². The SMILES string of the molecule is Cn1c(C(=O)OC(C)(C)C)cc2cc(NC(=O)C(Cc3ccc([N+](=O)[O-])cc3)N3CCN(c4cc(Cl)ccc4-n4cnnn4)C(=O)C3=O)ccc21. The highest BCUT2D eigenvalue weighted by Crippen LogP contribution is 2.30. The van der Waals surface area contributed by atoms with Gasteiger partial charge in [0.25, 0.3) is 5.69 Å². The lowest BCUT2D eigenvalue weighted by molar-refractivity contribution is -0.384. The monoisotopic (exact) mass is 713 g/mol. The number of nitro groups is 1. The molecule has 1 aliphatic heterocycles. The summed E-state index contributed by atoms with van der Waals surface area (Å²) in [6, 6.07) is 15.9. The maximum Gasteiger partial charge on any atom is 0.355 e. The lowest BCUT2D eigenvalue weighted by Gasteiger charge is -2.38. The van der Waals surface area contributed by atoms with Crippen LogP contribution >= 0.6 is 11.6 Å². The van der Waals surface area contributed by atoms with Crippen LogP contribution in [0.5, 0.6) is 0 Å². The number of fused-ring (bicyclic) bond motifs is 1. The predicted octanol–water partition coefficient (Wildman–Crippen LogP) is 4.10. The van der Waals surface area contributed by atoms with E-state index in [0.717, 1.165) is 5.52 Å². The van der Waals surface area contributed by atoms with Crippen LogP contribution in [0.25, 0.3) is 16.6 Å². The number of tetrazole rings is 1. The smallest absolute Gasteiger partial charge is 0.355 e. The number of piperazine rings is 1. The number of aromatic nitrogens is 5. The highest BCUT2D eigenvalue weighted by Gasteiger charge is 2.41. The number of rotatable bonds is 9. The van der Waals surface area contributed by atoms with Gasteiger partial charge in [-0.1, -0.05) is 23.7 Å². The average Bonchev–Trinajstić information content (AvgIpc) is 3.73. The van der Waals surface area contributed by atoms with Crippen LogP contribution in [0.1, 0.15) is 36.8 Å². The molecule has 1 saturated heterocycles. The Bertz CT molecular complexity index is 2180. The molecule has 6 rings (SSSR count). The molecular formula is C34H32ClN9O7. The molecule has 262 valence electrons. The normalized spacial score (nSPS) is 14.1. The Balaban J connectivity index is 1.29. The van der Waals surface area contributed by atoms with Crippen molar-refractivity contribution in [3.05, 3.63) is 99.5 Å². The Morgan fingerprint density at radius 1 is 1.00 bits per heavy atom. The topological polar surface area (TPSA) is 188 Å². The number of aryl methyl sites for hydroxylation is 1. The third-order valence-electron chi connectivity index (χ3n) is 8.25. The summed E-state index contributed by atoms with van der Waals surface area (Å²) in [5.41, 5.74) is 1.82. The zero-order valence-corrected chi connectivity index (χ0v) is 28.7. The number of nitro benzene ring substituents is 1. The summed E-state index contributed by atoms with van der Waals surface area (Å²) in [4.78, 5) is 67.6. The van der Waals surface area contributed by atoms with E-state index in [1.807, 2.05) is 0 Å². The van der Waals surface area contributed by atoms with Crippen LogP contribution in [-0.2, 0) is 32.6 Å². The van der Waals surface area contributed by atoms with Gasteiger partial charge in [0.15, 0.2) is 0 Å². The van der Waals surface area contributed by atoms with Crippen molar-refractivity contribution in [2.45, 2.75) is 38.8 Å². The molecule has 2 aromatic heterocycles. The molecule has 0 spiro atoms. The van der Waals surface area contributed by atoms with Crippen molar-refractivity contribution in [3.8, 4) is 5.69 Å². The maximum absolute atomic E-state index is 14.1. The fourth-order valence-corrected chi connectivity index (χ4v) is 6.02. The van der Waals surface area contributed by atoms with Crippen molar-refractivity contribution in [2.75, 3.05) is 23.3 Å². The number of halogens is 1. The van der Waals surface area contributed by atoms with Gasteiger partial charge >= 0.3 is 17.8 Å². The van der Waals surface area contributed by atoms with Crippen LogP contribution in [0.3, 0.4) is 0 Å². The molecule has 0 aliphatic carbocycles. The van der Waals surface area contributed by atoms with E-state index in [4.69, 9.17) is 16.3 Å². The van der Waals surface area contributed by atoms with E-state index in [0.29, 0.717) is 38.7 Å². The zero-order valence-electron chi connectivity index (χ0n) is 27.9. The van der Waals surface area contributed by atoms with Crippen LogP contribution in [0.4, 0.5) is 17.1 Å². The lowest BCUT2D eigenvalue weighted by atomic mass is 10.0. The van der Waals surface area contributed by atoms with Crippen LogP contribution in [0, 0.1) is 10.1 Å². The molecule has 0 radical (unpaired) electrons. The number of nitrogens with one attached hydrogen (secondary N) is 1. The van der Waals surface area contributed by atoms with Gasteiger partial charge < -0.3 is 24.4 Å². The van der Waals surface area contributed by atoms with Crippen molar-refractivity contribution in [2.24, 2.45) is 7.05 Å². The van der Waals surface area contributed by atoms with E-state index in [1.165, 1.54) is 51.1 Å². The molecule has 1 atom stereocenters. The molecule has 1 aliphatic rings. The van der Waals surface area contributed by atoms with Crippen molar-refractivity contribution in [1.82, 2.24) is 29.7 Å². The predicted molar refractivity (Wildman–Crippen MR) is 186 cm³/mol. The van der Waals surface area contributed by atoms with Crippen molar-refractivity contribution in [1.29, 1.82) is 0 Å². The molecule has 16 nitrogen and oxygen atoms in total. The molecule has 5 aromatic rings. The highest BCUT2D eigenvalue weighted by atomic mass is 35.5. The summed E-state index contributed by atoms with van der Waals surface area (Å²) in [5, 5.41) is 26.3. The number of ether oxygens (including phenoxy) is 1. The fourth-order valence-electron chi connectivity index (χ4n) is 5.85. The largest absolute Gasteiger partial charge is 0.455 e. The minimum atomic E-state index is -1.19. The molecule has 17 heteroatoms. The molecule has 0 bridgehead atoms. The first-order chi connectivity index (χ1) is 24.2. The third-order valence-corrected chi connectivity index (χ3v) is 8.49. The molecule has 3 aromatic carbocycles. The number of amides is 3. The number of carbonyl (C=O) groups excluding carboxylic acids is 4. The molecule has 3 heterocycles. The Hall–Kier alpha value is -6.16. The van der Waals surface area contributed by atoms with E-state index >= 15 is 0 Å². The number of hydrogen-bond donors (Lipinski definition) is 1. The second-order valence-electron chi connectivity index (χ2n) is 12.8. The Morgan fingerprint density at radius 2 is 1.75 bits per heavy atom. The minimum absolute atomic E-state index is 0.00744. The molecule has 1 fully saturated rings. The fraction of sp³-hybridized carbons (Fsp3) is 0.265.